The molecule has 0 radical (unpaired) electrons. The number of hydrogen-bond acceptors (Lipinski definition) is 3. The van der Waals surface area contributed by atoms with Crippen molar-refractivity contribution in [1.82, 2.24) is 4.98 Å². The number of aromatic nitrogens is 1. The molecule has 1 aromatic carbocycles. The molecule has 100 valence electrons. The lowest BCUT2D eigenvalue weighted by Gasteiger charge is -2.07. The zero-order chi connectivity index (χ0) is 14.4. The van der Waals surface area contributed by atoms with E-state index in [-0.39, 0.29) is 11.5 Å². The number of carbonyl (C=O) groups excluding carboxylic acids is 1. The summed E-state index contributed by atoms with van der Waals surface area (Å²) < 4.78 is 0. The number of hydrogen-bond donors (Lipinski definition) is 1. The molecule has 0 spiro atoms. The molecule has 2 aromatic rings. The third kappa shape index (κ3) is 3.21. The van der Waals surface area contributed by atoms with Gasteiger partial charge in [0, 0.05) is 18.1 Å². The van der Waals surface area contributed by atoms with Gasteiger partial charge in [-0.05, 0) is 30.2 Å². The van der Waals surface area contributed by atoms with Crippen LogP contribution in [0.1, 0.15) is 34.8 Å². The normalized spacial score (nSPS) is 9.80. The monoisotopic (exact) mass is 265 g/mol. The number of pyridine rings is 1. The quantitative estimate of drug-likeness (QED) is 0.923. The van der Waals surface area contributed by atoms with E-state index >= 15 is 0 Å². The molecule has 1 N–H and O–H groups in total. The van der Waals surface area contributed by atoms with Gasteiger partial charge in [0.1, 0.15) is 6.07 Å². The van der Waals surface area contributed by atoms with Gasteiger partial charge in [-0.3, -0.25) is 9.78 Å². The van der Waals surface area contributed by atoms with E-state index in [1.807, 2.05) is 30.3 Å². The smallest absolute Gasteiger partial charge is 0.258 e. The van der Waals surface area contributed by atoms with Crippen LogP contribution >= 0.6 is 0 Å². The fourth-order valence-corrected chi connectivity index (χ4v) is 1.91. The maximum Gasteiger partial charge on any atom is 0.258 e. The fraction of sp³-hybridized carbons (Fsp3) is 0.188. The van der Waals surface area contributed by atoms with Crippen molar-refractivity contribution in [3.05, 3.63) is 59.4 Å². The van der Waals surface area contributed by atoms with E-state index < -0.39 is 0 Å². The van der Waals surface area contributed by atoms with Crippen LogP contribution in [-0.2, 0) is 6.42 Å². The Hall–Kier alpha value is -2.67. The van der Waals surface area contributed by atoms with Crippen LogP contribution in [0.4, 0.5) is 5.69 Å². The van der Waals surface area contributed by atoms with Crippen molar-refractivity contribution in [1.29, 1.82) is 5.26 Å². The van der Waals surface area contributed by atoms with Crippen LogP contribution in [0.15, 0.2) is 42.7 Å². The average Bonchev–Trinajstić information content (AvgIpc) is 2.49. The van der Waals surface area contributed by atoms with Gasteiger partial charge in [-0.1, -0.05) is 25.5 Å². The first-order valence-electron chi connectivity index (χ1n) is 6.49. The Labute approximate surface area is 118 Å². The predicted octanol–water partition coefficient (Wildman–Crippen LogP) is 3.16. The van der Waals surface area contributed by atoms with Crippen LogP contribution < -0.4 is 5.32 Å². The van der Waals surface area contributed by atoms with Gasteiger partial charge in [0.2, 0.25) is 0 Å². The van der Waals surface area contributed by atoms with Crippen molar-refractivity contribution < 1.29 is 4.79 Å². The Morgan fingerprint density at radius 3 is 2.70 bits per heavy atom. The maximum atomic E-state index is 12.1. The molecule has 0 unspecified atom stereocenters. The molecule has 0 aliphatic rings. The minimum absolute atomic E-state index is 0.285. The van der Waals surface area contributed by atoms with E-state index in [4.69, 9.17) is 5.26 Å². The average molecular weight is 265 g/mol. The summed E-state index contributed by atoms with van der Waals surface area (Å²) in [6, 6.07) is 11.2. The first-order chi connectivity index (χ1) is 9.74. The summed E-state index contributed by atoms with van der Waals surface area (Å²) >= 11 is 0. The van der Waals surface area contributed by atoms with Crippen molar-refractivity contribution in [2.24, 2.45) is 0 Å². The molecular weight excluding hydrogens is 250 g/mol. The van der Waals surface area contributed by atoms with E-state index in [9.17, 15) is 4.79 Å². The van der Waals surface area contributed by atoms with Crippen molar-refractivity contribution in [2.45, 2.75) is 19.8 Å². The molecule has 0 saturated carbocycles. The molecule has 1 heterocycles. The maximum absolute atomic E-state index is 12.1. The lowest BCUT2D eigenvalue weighted by molar-refractivity contribution is 0.102. The van der Waals surface area contributed by atoms with Crippen molar-refractivity contribution >= 4 is 11.6 Å². The second-order valence-electron chi connectivity index (χ2n) is 4.43. The van der Waals surface area contributed by atoms with E-state index in [1.54, 1.807) is 0 Å². The van der Waals surface area contributed by atoms with Crippen LogP contribution in [-0.4, -0.2) is 10.9 Å². The highest BCUT2D eigenvalue weighted by Gasteiger charge is 2.11. The number of nitriles is 1. The standard InChI is InChI=1S/C16H15N3O/c1-2-3-12-4-6-14(7-5-12)19-16(20)15-11-18-9-8-13(15)10-17/h4-9,11H,2-3H2,1H3,(H,19,20). The van der Waals surface area contributed by atoms with E-state index in [0.717, 1.165) is 12.8 Å². The number of amides is 1. The number of anilines is 1. The van der Waals surface area contributed by atoms with Crippen molar-refractivity contribution in [2.75, 3.05) is 5.32 Å². The summed E-state index contributed by atoms with van der Waals surface area (Å²) in [5.41, 5.74) is 2.56. The molecule has 0 bridgehead atoms. The molecular formula is C16H15N3O. The third-order valence-electron chi connectivity index (χ3n) is 2.94. The van der Waals surface area contributed by atoms with E-state index in [0.29, 0.717) is 11.3 Å². The zero-order valence-electron chi connectivity index (χ0n) is 11.3. The minimum atomic E-state index is -0.321. The van der Waals surface area contributed by atoms with Crippen LogP contribution in [0.3, 0.4) is 0 Å². The second kappa shape index (κ2) is 6.48. The molecule has 1 amide bonds. The van der Waals surface area contributed by atoms with Gasteiger partial charge in [0.15, 0.2) is 0 Å². The summed E-state index contributed by atoms with van der Waals surface area (Å²) in [6.07, 6.45) is 5.01. The molecule has 4 heteroatoms. The largest absolute Gasteiger partial charge is 0.322 e. The van der Waals surface area contributed by atoms with Gasteiger partial charge < -0.3 is 5.32 Å². The van der Waals surface area contributed by atoms with Gasteiger partial charge in [0.25, 0.3) is 5.91 Å². The number of carbonyl (C=O) groups is 1. The second-order valence-corrected chi connectivity index (χ2v) is 4.43. The van der Waals surface area contributed by atoms with Crippen molar-refractivity contribution in [3.8, 4) is 6.07 Å². The minimum Gasteiger partial charge on any atom is -0.322 e. The Morgan fingerprint density at radius 2 is 2.05 bits per heavy atom. The highest BCUT2D eigenvalue weighted by atomic mass is 16.1. The number of nitrogens with zero attached hydrogens (tertiary/aromatic N) is 2. The summed E-state index contributed by atoms with van der Waals surface area (Å²) in [5.74, 6) is -0.321. The van der Waals surface area contributed by atoms with Crippen LogP contribution in [0.2, 0.25) is 0 Å². The summed E-state index contributed by atoms with van der Waals surface area (Å²) in [7, 11) is 0. The molecule has 1 aromatic heterocycles. The lowest BCUT2D eigenvalue weighted by atomic mass is 10.1. The number of aryl methyl sites for hydroxylation is 1. The zero-order valence-corrected chi connectivity index (χ0v) is 11.3. The predicted molar refractivity (Wildman–Crippen MR) is 77.3 cm³/mol. The summed E-state index contributed by atoms with van der Waals surface area (Å²) in [6.45, 7) is 2.13. The van der Waals surface area contributed by atoms with Gasteiger partial charge in [0.05, 0.1) is 11.1 Å². The van der Waals surface area contributed by atoms with Gasteiger partial charge in [-0.2, -0.15) is 5.26 Å². The van der Waals surface area contributed by atoms with Crippen LogP contribution in [0, 0.1) is 11.3 Å². The number of benzene rings is 1. The molecule has 4 nitrogen and oxygen atoms in total. The summed E-state index contributed by atoms with van der Waals surface area (Å²) in [4.78, 5) is 16.0. The summed E-state index contributed by atoms with van der Waals surface area (Å²) in [5, 5.41) is 11.7. The van der Waals surface area contributed by atoms with Crippen molar-refractivity contribution in [3.63, 3.8) is 0 Å². The van der Waals surface area contributed by atoms with E-state index in [2.05, 4.69) is 17.2 Å². The van der Waals surface area contributed by atoms with Crippen LogP contribution in [0.25, 0.3) is 0 Å². The molecule has 0 saturated heterocycles. The van der Waals surface area contributed by atoms with E-state index in [1.165, 1.54) is 24.0 Å². The molecule has 0 aliphatic heterocycles. The van der Waals surface area contributed by atoms with Gasteiger partial charge in [-0.15, -0.1) is 0 Å². The highest BCUT2D eigenvalue weighted by molar-refractivity contribution is 6.05. The highest BCUT2D eigenvalue weighted by Crippen LogP contribution is 2.13. The topological polar surface area (TPSA) is 65.8 Å². The van der Waals surface area contributed by atoms with Crippen LogP contribution in [0.5, 0.6) is 0 Å². The first-order valence-corrected chi connectivity index (χ1v) is 6.49. The number of nitrogens with one attached hydrogen (secondary N) is 1. The fourth-order valence-electron chi connectivity index (χ4n) is 1.91. The Kier molecular flexibility index (Phi) is 4.46. The van der Waals surface area contributed by atoms with Gasteiger partial charge >= 0.3 is 0 Å². The number of rotatable bonds is 4. The first kappa shape index (κ1) is 13.8. The molecule has 20 heavy (non-hydrogen) atoms. The molecule has 0 atom stereocenters. The Bertz CT molecular complexity index is 642. The molecule has 0 fully saturated rings. The Morgan fingerprint density at radius 1 is 1.30 bits per heavy atom. The van der Waals surface area contributed by atoms with Gasteiger partial charge in [-0.25, -0.2) is 0 Å². The molecule has 2 rings (SSSR count). The Balaban J connectivity index is 2.13. The third-order valence-corrected chi connectivity index (χ3v) is 2.94. The molecule has 0 aliphatic carbocycles. The lowest BCUT2D eigenvalue weighted by Crippen LogP contribution is -2.13. The SMILES string of the molecule is CCCc1ccc(NC(=O)c2cnccc2C#N)cc1.